The Morgan fingerprint density at radius 3 is 1.78 bits per heavy atom. The van der Waals surface area contributed by atoms with E-state index in [9.17, 15) is 0 Å². The van der Waals surface area contributed by atoms with Crippen molar-refractivity contribution in [1.29, 1.82) is 0 Å². The lowest BCUT2D eigenvalue weighted by molar-refractivity contribution is 0.243. The normalized spacial score (nSPS) is 12.6. The van der Waals surface area contributed by atoms with E-state index in [1.54, 1.807) is 42.4 Å². The summed E-state index contributed by atoms with van der Waals surface area (Å²) in [6.07, 6.45) is 29.9. The van der Waals surface area contributed by atoms with Gasteiger partial charge in [-0.3, -0.25) is 9.67 Å². The van der Waals surface area contributed by atoms with Crippen LogP contribution in [0.1, 0.15) is 264 Å². The van der Waals surface area contributed by atoms with E-state index in [4.69, 9.17) is 27.4 Å². The molecule has 11 heterocycles. The molecule has 0 fully saturated rings. The van der Waals surface area contributed by atoms with Crippen LogP contribution in [0.15, 0.2) is 204 Å². The summed E-state index contributed by atoms with van der Waals surface area (Å²) >= 11 is 1.63. The van der Waals surface area contributed by atoms with Crippen molar-refractivity contribution in [2.45, 2.75) is 250 Å². The van der Waals surface area contributed by atoms with Crippen molar-refractivity contribution in [2.24, 2.45) is 66.4 Å². The summed E-state index contributed by atoms with van der Waals surface area (Å²) in [6, 6.07) is 23.1. The van der Waals surface area contributed by atoms with Crippen molar-refractivity contribution < 1.29 is 31.9 Å². The van der Waals surface area contributed by atoms with Gasteiger partial charge in [0.15, 0.2) is 17.6 Å². The first kappa shape index (κ1) is 105. The molecule has 14 rings (SSSR count). The molecule has 21 nitrogen and oxygen atoms in total. The number of rotatable bonds is 21. The molecule has 8 aromatic heterocycles. The smallest absolute Gasteiger partial charge is 0.254 e. The van der Waals surface area contributed by atoms with E-state index in [0.717, 1.165) is 120 Å². The van der Waals surface area contributed by atoms with Crippen molar-refractivity contribution in [3.63, 3.8) is 0 Å². The maximum atomic E-state index is 5.28. The highest BCUT2D eigenvalue weighted by atomic mass is 32.1. The van der Waals surface area contributed by atoms with Crippen LogP contribution in [0.2, 0.25) is 0 Å². The number of nitrogens with zero attached hydrogens (tertiary/aromatic N) is 14. The van der Waals surface area contributed by atoms with E-state index in [1.807, 2.05) is 44.8 Å². The maximum absolute atomic E-state index is 5.28. The number of aryl methyl sites for hydroxylation is 5. The molecule has 0 radical (unpaired) electrons. The fourth-order valence-electron chi connectivity index (χ4n) is 12.5. The number of allylic oxidation sites excluding steroid dienone is 7. The van der Waals surface area contributed by atoms with Crippen molar-refractivity contribution in [2.75, 3.05) is 27.3 Å². The topological polar surface area (TPSA) is 229 Å². The van der Waals surface area contributed by atoms with Crippen molar-refractivity contribution in [3.05, 3.63) is 250 Å². The van der Waals surface area contributed by atoms with Gasteiger partial charge in [0.05, 0.1) is 37.3 Å². The largest absolute Gasteiger partial charge is 0.479 e. The van der Waals surface area contributed by atoms with Gasteiger partial charge in [-0.25, -0.2) is 9.97 Å². The lowest BCUT2D eigenvalue weighted by Gasteiger charge is -2.30. The molecule has 0 atom stereocenters. The lowest BCUT2D eigenvalue weighted by Crippen LogP contribution is -2.25. The molecule has 0 aliphatic carbocycles. The highest BCUT2D eigenvalue weighted by Crippen LogP contribution is 2.35. The molecule has 0 unspecified atom stereocenters. The average molecular weight is 1700 g/mol. The monoisotopic (exact) mass is 1700 g/mol. The SMILES string of the molecule is C=C1C=CC=C(C(C)C)N1CC.C=C1c2cccc(C(C)C)c2CN1C.CC(C)Cc1ncon1.CC(C)Cc1nncs1.CC(C)c1ccc2cn(C)nc2c1.CC(C)c1cccc2cn(C)cc12.CC1=NC(/C=C/C(C)C)=CC1.COc1cc(CC(C)C)on1.Cc1cc(OCC(C)C)no1.Cc1cnc(CC(C)C)o1.Cc1ncc(CC(C)C)o1. The van der Waals surface area contributed by atoms with E-state index in [1.165, 1.54) is 61.8 Å². The van der Waals surface area contributed by atoms with Gasteiger partial charge in [0, 0.05) is 150 Å². The Balaban J connectivity index is 0.000000285. The van der Waals surface area contributed by atoms with E-state index < -0.39 is 0 Å². The Hall–Kier alpha value is -10.5. The number of aliphatic imine (C=N–C) groups is 1. The molecule has 11 aromatic rings. The van der Waals surface area contributed by atoms with Crippen LogP contribution < -0.4 is 9.47 Å². The molecule has 0 saturated heterocycles. The summed E-state index contributed by atoms with van der Waals surface area (Å²) < 4.78 is 39.1. The molecular formula is C101H150N14O7S. The summed E-state index contributed by atoms with van der Waals surface area (Å²) in [7, 11) is 7.71. The molecule has 3 aromatic carbocycles. The maximum Gasteiger partial charge on any atom is 0.254 e. The van der Waals surface area contributed by atoms with E-state index in [-0.39, 0.29) is 0 Å². The summed E-state index contributed by atoms with van der Waals surface area (Å²) in [4.78, 5) is 20.8. The van der Waals surface area contributed by atoms with E-state index in [0.29, 0.717) is 83.5 Å². The number of hydrogen-bond donors (Lipinski definition) is 0. The number of likely N-dealkylation sites (N-methyl/N-ethyl adjacent to an activating group) is 1. The minimum absolute atomic E-state index is 0.520. The van der Waals surface area contributed by atoms with Gasteiger partial charge in [0.1, 0.15) is 33.6 Å². The van der Waals surface area contributed by atoms with Crippen molar-refractivity contribution in [1.82, 2.24) is 64.8 Å². The molecular weight excluding hydrogens is 1550 g/mol. The molecule has 0 saturated carbocycles. The molecule has 0 spiro atoms. The van der Waals surface area contributed by atoms with Gasteiger partial charge in [-0.05, 0) is 155 Å². The van der Waals surface area contributed by atoms with E-state index >= 15 is 0 Å². The van der Waals surface area contributed by atoms with Crippen LogP contribution in [0.5, 0.6) is 11.8 Å². The number of benzene rings is 3. The summed E-state index contributed by atoms with van der Waals surface area (Å²) in [6.45, 7) is 68.5. The third-order valence-electron chi connectivity index (χ3n) is 18.5. The van der Waals surface area contributed by atoms with Crippen molar-refractivity contribution >= 4 is 44.4 Å². The zero-order chi connectivity index (χ0) is 91.6. The van der Waals surface area contributed by atoms with E-state index in [2.05, 4.69) is 366 Å². The molecule has 22 heteroatoms. The summed E-state index contributed by atoms with van der Waals surface area (Å²) in [5.41, 5.74) is 15.9. The van der Waals surface area contributed by atoms with Crippen molar-refractivity contribution in [3.8, 4) is 11.8 Å². The Labute approximate surface area is 741 Å². The number of methoxy groups -OCH3 is 1. The predicted molar refractivity (Wildman–Crippen MR) is 510 cm³/mol. The highest BCUT2D eigenvalue weighted by Gasteiger charge is 2.23. The second-order valence-electron chi connectivity index (χ2n) is 35.4. The van der Waals surface area contributed by atoms with Crippen LogP contribution in [-0.2, 0) is 52.7 Å². The third-order valence-corrected chi connectivity index (χ3v) is 19.2. The van der Waals surface area contributed by atoms with Crippen LogP contribution in [0.25, 0.3) is 27.4 Å². The minimum atomic E-state index is 0.520. The average Bonchev–Trinajstić information content (AvgIpc) is 1.65. The fraction of sp³-hybridized carbons (Fsp3) is 0.505. The Morgan fingerprint density at radius 2 is 1.27 bits per heavy atom. The standard InChI is InChI=1S/C13H17N.C12H15N.C11H14N2.C11H17N.C10H15N.2C8H13NO2.2C8H13NO.C6H10N2O.C6H10N2S/c1-9(2)11-6-5-7-12-10(3)14(4)8-13(11)12;1-9(2)11-6-4-5-10-7-13(3)8-12(10)11;1-8(2)9-4-5-10-7-13(3)12-11(10)6-9;1-5-12-10(4)7-6-8-11(12)9(2)3;1-8(2)4-6-10-7-5-9(3)11-10;1-6(2)5-10-8-4-7(3)11-9-8;1-6(2)4-7-5-8(10-3)9-11-7;1-6(2)4-8-5-9-7(3)10-8;1-6(2)4-8-9-5-7(3)10-8;1-5(2)3-6-7-4-9-8-6;1-5(2)3-6-8-7-4-9-6/h5-7,9H,3,8H2,1-2,4H3;4-9H,1-3H3;4-8H,1-3H3;6-9H,4-5H2,1-3H3;4,6-8H,5H2,1-3H3;4,6H,5H2,1-3H3;5-6H,4H2,1-3H3;2*5-6H,4H2,1-3H3;2*4-5H,3H2,1-2H3/b;;;;6-4+;;;;;;. The number of oxazole rings is 2. The lowest BCUT2D eigenvalue weighted by atomic mass is 9.94. The first-order valence-electron chi connectivity index (χ1n) is 43.8. The molecule has 0 N–H and O–H groups in total. The first-order chi connectivity index (χ1) is 58.1. The minimum Gasteiger partial charge on any atom is -0.479 e. The number of ether oxygens (including phenoxy) is 2. The third kappa shape index (κ3) is 40.6. The molecule has 0 amide bonds. The second-order valence-corrected chi connectivity index (χ2v) is 36.3. The number of fused-ring (bicyclic) bond motifs is 3. The van der Waals surface area contributed by atoms with Gasteiger partial charge in [0.2, 0.25) is 6.39 Å². The van der Waals surface area contributed by atoms with Gasteiger partial charge in [-0.15, -0.1) is 21.5 Å². The second kappa shape index (κ2) is 54.9. The van der Waals surface area contributed by atoms with Gasteiger partial charge < -0.3 is 46.2 Å². The summed E-state index contributed by atoms with van der Waals surface area (Å²) in [5.74, 6) is 13.7. The zero-order valence-corrected chi connectivity index (χ0v) is 81.3. The van der Waals surface area contributed by atoms with Gasteiger partial charge in [-0.1, -0.05) is 237 Å². The van der Waals surface area contributed by atoms with Gasteiger partial charge >= 0.3 is 0 Å². The van der Waals surface area contributed by atoms with Crippen LogP contribution in [0, 0.1) is 68.1 Å². The van der Waals surface area contributed by atoms with Crippen LogP contribution in [0.4, 0.5) is 0 Å². The molecule has 0 bridgehead atoms. The first-order valence-corrected chi connectivity index (χ1v) is 44.7. The quantitative estimate of drug-likeness (QED) is 0.0651. The number of hydrogen-bond acceptors (Lipinski definition) is 20. The van der Waals surface area contributed by atoms with Crippen LogP contribution in [-0.4, -0.2) is 97.8 Å². The van der Waals surface area contributed by atoms with Gasteiger partial charge in [-0.2, -0.15) is 10.1 Å². The molecule has 3 aliphatic heterocycles. The van der Waals surface area contributed by atoms with Crippen LogP contribution in [0.3, 0.4) is 0 Å². The molecule has 123 heavy (non-hydrogen) atoms. The Kier molecular flexibility index (Phi) is 46.8. The predicted octanol–water partition coefficient (Wildman–Crippen LogP) is 26.4. The molecule has 672 valence electrons. The fourth-order valence-corrected chi connectivity index (χ4v) is 13.2. The Bertz CT molecular complexity index is 4860. The summed E-state index contributed by atoms with van der Waals surface area (Å²) in [5, 5.41) is 28.2. The highest BCUT2D eigenvalue weighted by molar-refractivity contribution is 7.09. The molecule has 3 aliphatic rings. The van der Waals surface area contributed by atoms with Gasteiger partial charge in [0.25, 0.3) is 11.8 Å². The van der Waals surface area contributed by atoms with Crippen LogP contribution >= 0.6 is 11.3 Å². The number of aromatic nitrogens is 11. The Morgan fingerprint density at radius 1 is 0.610 bits per heavy atom. The zero-order valence-electron chi connectivity index (χ0n) is 80.5.